The smallest absolute Gasteiger partial charge is 0.116 e. The van der Waals surface area contributed by atoms with Crippen molar-refractivity contribution in [1.82, 2.24) is 0 Å². The normalized spacial score (nSPS) is 10.6. The Morgan fingerprint density at radius 2 is 0.769 bits per heavy atom. The Morgan fingerprint density at radius 1 is 0.385 bits per heavy atom. The van der Waals surface area contributed by atoms with Gasteiger partial charge >= 0.3 is 0 Å². The lowest BCUT2D eigenvalue weighted by atomic mass is 9.89. The van der Waals surface area contributed by atoms with E-state index >= 15 is 0 Å². The van der Waals surface area contributed by atoms with Gasteiger partial charge in [0.1, 0.15) is 11.5 Å². The van der Waals surface area contributed by atoms with Gasteiger partial charge in [-0.3, -0.25) is 0 Å². The Morgan fingerprint density at radius 3 is 1.15 bits per heavy atom. The number of phenols is 2. The van der Waals surface area contributed by atoms with Crippen molar-refractivity contribution < 1.29 is 10.2 Å². The van der Waals surface area contributed by atoms with Gasteiger partial charge in [0, 0.05) is 0 Å². The molecular formula is C24H18O2. The molecule has 0 bridgehead atoms. The van der Waals surface area contributed by atoms with Gasteiger partial charge in [0.05, 0.1) is 0 Å². The summed E-state index contributed by atoms with van der Waals surface area (Å²) in [5.74, 6) is 0.497. The summed E-state index contributed by atoms with van der Waals surface area (Å²) >= 11 is 0. The van der Waals surface area contributed by atoms with Crippen LogP contribution in [0.25, 0.3) is 33.4 Å². The number of benzene rings is 4. The summed E-state index contributed by atoms with van der Waals surface area (Å²) in [6, 6.07) is 30.9. The molecule has 2 N–H and O–H groups in total. The first-order chi connectivity index (χ1) is 12.7. The summed E-state index contributed by atoms with van der Waals surface area (Å²) in [6.45, 7) is 0. The zero-order valence-corrected chi connectivity index (χ0v) is 14.1. The molecule has 2 nitrogen and oxygen atoms in total. The van der Waals surface area contributed by atoms with Gasteiger partial charge in [-0.25, -0.2) is 0 Å². The SMILES string of the molecule is Oc1cccc(-c2ccccc2-c2ccccc2-c2cccc(O)c2)c1. The Hall–Kier alpha value is -3.52. The molecule has 4 aromatic carbocycles. The van der Waals surface area contributed by atoms with Crippen LogP contribution in [0.1, 0.15) is 0 Å². The maximum atomic E-state index is 9.87. The van der Waals surface area contributed by atoms with Crippen LogP contribution in [0, 0.1) is 0 Å². The minimum atomic E-state index is 0.249. The third-order valence-corrected chi connectivity index (χ3v) is 4.46. The number of rotatable bonds is 3. The first-order valence-electron chi connectivity index (χ1n) is 8.49. The molecule has 0 aromatic heterocycles. The highest BCUT2D eigenvalue weighted by atomic mass is 16.3. The molecule has 0 fully saturated rings. The average molecular weight is 338 g/mol. The lowest BCUT2D eigenvalue weighted by molar-refractivity contribution is 0.475. The van der Waals surface area contributed by atoms with Crippen molar-refractivity contribution >= 4 is 0 Å². The largest absolute Gasteiger partial charge is 0.508 e. The molecule has 4 rings (SSSR count). The Kier molecular flexibility index (Phi) is 4.16. The second kappa shape index (κ2) is 6.77. The Balaban J connectivity index is 1.93. The maximum Gasteiger partial charge on any atom is 0.116 e. The fraction of sp³-hybridized carbons (Fsp3) is 0. The van der Waals surface area contributed by atoms with E-state index < -0.39 is 0 Å². The fourth-order valence-corrected chi connectivity index (χ4v) is 3.29. The van der Waals surface area contributed by atoms with Gasteiger partial charge in [0.15, 0.2) is 0 Å². The van der Waals surface area contributed by atoms with E-state index in [1.54, 1.807) is 24.3 Å². The van der Waals surface area contributed by atoms with Crippen molar-refractivity contribution in [3.8, 4) is 44.9 Å². The molecule has 0 amide bonds. The predicted octanol–water partition coefficient (Wildman–Crippen LogP) is 6.10. The van der Waals surface area contributed by atoms with Crippen LogP contribution in [-0.2, 0) is 0 Å². The minimum Gasteiger partial charge on any atom is -0.508 e. The molecule has 0 aliphatic rings. The standard InChI is InChI=1S/C24H18O2/c25-19-9-5-7-17(15-19)21-11-1-3-13-23(21)24-14-4-2-12-22(24)18-8-6-10-20(26)16-18/h1-16,25-26H. The van der Waals surface area contributed by atoms with E-state index in [1.165, 1.54) is 0 Å². The van der Waals surface area contributed by atoms with E-state index in [0.717, 1.165) is 33.4 Å². The number of hydrogen-bond donors (Lipinski definition) is 2. The second-order valence-electron chi connectivity index (χ2n) is 6.19. The quantitative estimate of drug-likeness (QED) is 0.474. The van der Waals surface area contributed by atoms with Gasteiger partial charge in [-0.05, 0) is 57.6 Å². The van der Waals surface area contributed by atoms with Gasteiger partial charge < -0.3 is 10.2 Å². The molecule has 2 heteroatoms. The van der Waals surface area contributed by atoms with Crippen LogP contribution in [0.5, 0.6) is 11.5 Å². The van der Waals surface area contributed by atoms with E-state index in [9.17, 15) is 10.2 Å². The fourth-order valence-electron chi connectivity index (χ4n) is 3.29. The number of aromatic hydroxyl groups is 2. The van der Waals surface area contributed by atoms with Crippen LogP contribution in [-0.4, -0.2) is 10.2 Å². The molecule has 0 atom stereocenters. The lowest BCUT2D eigenvalue weighted by Gasteiger charge is -2.15. The molecule has 0 saturated heterocycles. The molecule has 26 heavy (non-hydrogen) atoms. The number of phenolic OH excluding ortho intramolecular Hbond substituents is 2. The zero-order chi connectivity index (χ0) is 17.9. The van der Waals surface area contributed by atoms with Crippen molar-refractivity contribution in [2.24, 2.45) is 0 Å². The predicted molar refractivity (Wildman–Crippen MR) is 106 cm³/mol. The third-order valence-electron chi connectivity index (χ3n) is 4.46. The van der Waals surface area contributed by atoms with Crippen LogP contribution >= 0.6 is 0 Å². The summed E-state index contributed by atoms with van der Waals surface area (Å²) in [5, 5.41) is 19.7. The van der Waals surface area contributed by atoms with Gasteiger partial charge in [-0.1, -0.05) is 72.8 Å². The monoisotopic (exact) mass is 338 g/mol. The van der Waals surface area contributed by atoms with Gasteiger partial charge in [0.2, 0.25) is 0 Å². The highest BCUT2D eigenvalue weighted by molar-refractivity contribution is 5.91. The summed E-state index contributed by atoms with van der Waals surface area (Å²) < 4.78 is 0. The van der Waals surface area contributed by atoms with E-state index in [2.05, 4.69) is 24.3 Å². The summed E-state index contributed by atoms with van der Waals surface area (Å²) in [6.07, 6.45) is 0. The number of hydrogen-bond acceptors (Lipinski definition) is 2. The molecule has 0 aliphatic carbocycles. The van der Waals surface area contributed by atoms with E-state index in [1.807, 2.05) is 48.5 Å². The summed E-state index contributed by atoms with van der Waals surface area (Å²) in [4.78, 5) is 0. The molecule has 0 unspecified atom stereocenters. The molecule has 0 radical (unpaired) electrons. The van der Waals surface area contributed by atoms with E-state index in [4.69, 9.17) is 0 Å². The maximum absolute atomic E-state index is 9.87. The van der Waals surface area contributed by atoms with Crippen molar-refractivity contribution in [3.63, 3.8) is 0 Å². The van der Waals surface area contributed by atoms with Gasteiger partial charge in [0.25, 0.3) is 0 Å². The van der Waals surface area contributed by atoms with Crippen LogP contribution in [0.4, 0.5) is 0 Å². The van der Waals surface area contributed by atoms with Crippen LogP contribution in [0.15, 0.2) is 97.1 Å². The van der Waals surface area contributed by atoms with Gasteiger partial charge in [-0.2, -0.15) is 0 Å². The first kappa shape index (κ1) is 16.0. The van der Waals surface area contributed by atoms with Crippen LogP contribution in [0.3, 0.4) is 0 Å². The van der Waals surface area contributed by atoms with Crippen molar-refractivity contribution in [2.45, 2.75) is 0 Å². The molecular weight excluding hydrogens is 320 g/mol. The lowest BCUT2D eigenvalue weighted by Crippen LogP contribution is -1.89. The topological polar surface area (TPSA) is 40.5 Å². The molecule has 0 spiro atoms. The third kappa shape index (κ3) is 3.05. The molecule has 126 valence electrons. The average Bonchev–Trinajstić information content (AvgIpc) is 2.68. The highest BCUT2D eigenvalue weighted by Crippen LogP contribution is 2.39. The van der Waals surface area contributed by atoms with Crippen LogP contribution < -0.4 is 0 Å². The van der Waals surface area contributed by atoms with E-state index in [0.29, 0.717) is 0 Å². The summed E-state index contributed by atoms with van der Waals surface area (Å²) in [5.41, 5.74) is 6.19. The van der Waals surface area contributed by atoms with Crippen molar-refractivity contribution in [3.05, 3.63) is 97.1 Å². The molecule has 0 saturated carbocycles. The van der Waals surface area contributed by atoms with E-state index in [-0.39, 0.29) is 11.5 Å². The van der Waals surface area contributed by atoms with Gasteiger partial charge in [-0.15, -0.1) is 0 Å². The molecule has 0 aliphatic heterocycles. The second-order valence-corrected chi connectivity index (χ2v) is 6.19. The molecule has 4 aromatic rings. The van der Waals surface area contributed by atoms with Crippen molar-refractivity contribution in [1.29, 1.82) is 0 Å². The Bertz CT molecular complexity index is 980. The highest BCUT2D eigenvalue weighted by Gasteiger charge is 2.12. The zero-order valence-electron chi connectivity index (χ0n) is 14.1. The van der Waals surface area contributed by atoms with Crippen LogP contribution in [0.2, 0.25) is 0 Å². The van der Waals surface area contributed by atoms with Crippen molar-refractivity contribution in [2.75, 3.05) is 0 Å². The summed E-state index contributed by atoms with van der Waals surface area (Å²) in [7, 11) is 0. The Labute approximate surface area is 152 Å². The minimum absolute atomic E-state index is 0.249. The first-order valence-corrected chi connectivity index (χ1v) is 8.49. The molecule has 0 heterocycles.